The molecule has 0 saturated carbocycles. The molecule has 128 valence electrons. The third kappa shape index (κ3) is 6.20. The second-order valence-electron chi connectivity index (χ2n) is 5.47. The Hall–Kier alpha value is -2.08. The summed E-state index contributed by atoms with van der Waals surface area (Å²) >= 11 is 5.80. The molecular formula is C18H21ClN2O3. The number of nitrogens with zero attached hydrogens (tertiary/aromatic N) is 1. The Balaban J connectivity index is 1.71. The van der Waals surface area contributed by atoms with E-state index in [4.69, 9.17) is 16.3 Å². The van der Waals surface area contributed by atoms with Crippen LogP contribution in [0.5, 0.6) is 0 Å². The third-order valence-electron chi connectivity index (χ3n) is 3.35. The van der Waals surface area contributed by atoms with Crippen LogP contribution in [0.1, 0.15) is 5.56 Å². The van der Waals surface area contributed by atoms with Gasteiger partial charge in [-0.3, -0.25) is 0 Å². The maximum absolute atomic E-state index is 12.1. The number of anilines is 1. The van der Waals surface area contributed by atoms with E-state index >= 15 is 0 Å². The van der Waals surface area contributed by atoms with E-state index in [0.717, 1.165) is 5.56 Å². The summed E-state index contributed by atoms with van der Waals surface area (Å²) < 4.78 is 5.47. The van der Waals surface area contributed by atoms with Crippen LogP contribution in [0.3, 0.4) is 0 Å². The van der Waals surface area contributed by atoms with Gasteiger partial charge >= 0.3 is 6.03 Å². The molecule has 0 spiro atoms. The van der Waals surface area contributed by atoms with E-state index in [0.29, 0.717) is 17.3 Å². The summed E-state index contributed by atoms with van der Waals surface area (Å²) in [6, 6.07) is 16.2. The van der Waals surface area contributed by atoms with Crippen LogP contribution in [0, 0.1) is 0 Å². The summed E-state index contributed by atoms with van der Waals surface area (Å²) in [6.07, 6.45) is -0.755. The first-order valence-electron chi connectivity index (χ1n) is 7.62. The van der Waals surface area contributed by atoms with Crippen molar-refractivity contribution < 1.29 is 14.6 Å². The minimum Gasteiger partial charge on any atom is -0.389 e. The van der Waals surface area contributed by atoms with Crippen LogP contribution in [0.15, 0.2) is 54.6 Å². The molecule has 5 nitrogen and oxygen atoms in total. The first-order valence-corrected chi connectivity index (χ1v) is 8.00. The van der Waals surface area contributed by atoms with Crippen LogP contribution in [0.2, 0.25) is 5.02 Å². The van der Waals surface area contributed by atoms with Gasteiger partial charge in [-0.05, 0) is 29.8 Å². The maximum Gasteiger partial charge on any atom is 0.321 e. The highest BCUT2D eigenvalue weighted by atomic mass is 35.5. The fraction of sp³-hybridized carbons (Fsp3) is 0.278. The molecule has 0 aliphatic heterocycles. The zero-order chi connectivity index (χ0) is 17.4. The van der Waals surface area contributed by atoms with Gasteiger partial charge in [0.1, 0.15) is 0 Å². The van der Waals surface area contributed by atoms with Gasteiger partial charge in [0, 0.05) is 17.8 Å². The first-order chi connectivity index (χ1) is 11.5. The van der Waals surface area contributed by atoms with E-state index in [2.05, 4.69) is 5.32 Å². The van der Waals surface area contributed by atoms with Gasteiger partial charge in [-0.15, -0.1) is 0 Å². The van der Waals surface area contributed by atoms with E-state index in [-0.39, 0.29) is 19.2 Å². The van der Waals surface area contributed by atoms with Gasteiger partial charge in [-0.25, -0.2) is 4.79 Å². The molecule has 0 aliphatic carbocycles. The van der Waals surface area contributed by atoms with E-state index in [1.165, 1.54) is 4.90 Å². The monoisotopic (exact) mass is 348 g/mol. The molecule has 2 N–H and O–H groups in total. The standard InChI is InChI=1S/C18H21ClN2O3/c1-21(18(23)20-16-9-7-15(19)8-10-16)11-17(22)13-24-12-14-5-3-2-4-6-14/h2-10,17,22H,11-13H2,1H3,(H,20,23)/t17-/m0/s1. The topological polar surface area (TPSA) is 61.8 Å². The van der Waals surface area contributed by atoms with Crippen LogP contribution in [-0.4, -0.2) is 42.3 Å². The van der Waals surface area contributed by atoms with Crippen LogP contribution in [0.25, 0.3) is 0 Å². The predicted octanol–water partition coefficient (Wildman–Crippen LogP) is 3.38. The number of amides is 2. The van der Waals surface area contributed by atoms with Gasteiger partial charge in [-0.1, -0.05) is 41.9 Å². The number of urea groups is 1. The minimum atomic E-state index is -0.755. The van der Waals surface area contributed by atoms with Crippen LogP contribution in [-0.2, 0) is 11.3 Å². The normalized spacial score (nSPS) is 11.8. The molecule has 0 bridgehead atoms. The largest absolute Gasteiger partial charge is 0.389 e. The van der Waals surface area contributed by atoms with Crippen molar-refractivity contribution in [3.05, 3.63) is 65.2 Å². The Kier molecular flexibility index (Phi) is 7.06. The van der Waals surface area contributed by atoms with Gasteiger partial charge in [-0.2, -0.15) is 0 Å². The molecule has 2 amide bonds. The zero-order valence-electron chi connectivity index (χ0n) is 13.5. The average molecular weight is 349 g/mol. The molecule has 0 heterocycles. The number of hydrogen-bond donors (Lipinski definition) is 2. The molecule has 2 rings (SSSR count). The summed E-state index contributed by atoms with van der Waals surface area (Å²) in [5.74, 6) is 0. The minimum absolute atomic E-state index is 0.160. The molecule has 0 fully saturated rings. The number of benzene rings is 2. The quantitative estimate of drug-likeness (QED) is 0.806. The maximum atomic E-state index is 12.1. The van der Waals surface area contributed by atoms with Crippen LogP contribution >= 0.6 is 11.6 Å². The van der Waals surface area contributed by atoms with E-state index < -0.39 is 6.10 Å². The Bertz CT molecular complexity index is 634. The van der Waals surface area contributed by atoms with Crippen molar-refractivity contribution in [3.8, 4) is 0 Å². The third-order valence-corrected chi connectivity index (χ3v) is 3.60. The Morgan fingerprint density at radius 1 is 1.21 bits per heavy atom. The van der Waals surface area contributed by atoms with Gasteiger partial charge < -0.3 is 20.1 Å². The average Bonchev–Trinajstić information content (AvgIpc) is 2.58. The number of likely N-dealkylation sites (N-methyl/N-ethyl adjacent to an activating group) is 1. The van der Waals surface area contributed by atoms with Crippen molar-refractivity contribution in [1.82, 2.24) is 4.90 Å². The van der Waals surface area contributed by atoms with Gasteiger partial charge in [0.25, 0.3) is 0 Å². The molecule has 0 radical (unpaired) electrons. The molecule has 0 aliphatic rings. The van der Waals surface area contributed by atoms with Gasteiger partial charge in [0.05, 0.1) is 25.9 Å². The van der Waals surface area contributed by atoms with Gasteiger partial charge in [0.2, 0.25) is 0 Å². The Morgan fingerprint density at radius 3 is 2.54 bits per heavy atom. The lowest BCUT2D eigenvalue weighted by molar-refractivity contribution is 0.0188. The van der Waals surface area contributed by atoms with E-state index in [1.807, 2.05) is 30.3 Å². The van der Waals surface area contributed by atoms with Gasteiger partial charge in [0.15, 0.2) is 0 Å². The summed E-state index contributed by atoms with van der Waals surface area (Å²) in [6.45, 7) is 0.764. The number of carbonyl (C=O) groups excluding carboxylic acids is 1. The fourth-order valence-corrected chi connectivity index (χ4v) is 2.22. The molecule has 0 unspecified atom stereocenters. The number of aliphatic hydroxyl groups excluding tert-OH is 1. The Labute approximate surface area is 146 Å². The number of nitrogens with one attached hydrogen (secondary N) is 1. The number of carbonyl (C=O) groups is 1. The highest BCUT2D eigenvalue weighted by Gasteiger charge is 2.14. The summed E-state index contributed by atoms with van der Waals surface area (Å²) in [4.78, 5) is 13.5. The molecule has 24 heavy (non-hydrogen) atoms. The van der Waals surface area contributed by atoms with Crippen molar-refractivity contribution in [2.75, 3.05) is 25.5 Å². The lowest BCUT2D eigenvalue weighted by Gasteiger charge is -2.21. The predicted molar refractivity (Wildman–Crippen MR) is 95.2 cm³/mol. The number of rotatable bonds is 7. The van der Waals surface area contributed by atoms with Crippen LogP contribution in [0.4, 0.5) is 10.5 Å². The van der Waals surface area contributed by atoms with E-state index in [9.17, 15) is 9.90 Å². The fourth-order valence-electron chi connectivity index (χ4n) is 2.09. The highest BCUT2D eigenvalue weighted by Crippen LogP contribution is 2.13. The number of aliphatic hydroxyl groups is 1. The van der Waals surface area contributed by atoms with Crippen molar-refractivity contribution >= 4 is 23.3 Å². The van der Waals surface area contributed by atoms with Crippen molar-refractivity contribution in [2.45, 2.75) is 12.7 Å². The lowest BCUT2D eigenvalue weighted by atomic mass is 10.2. The van der Waals surface area contributed by atoms with E-state index in [1.54, 1.807) is 31.3 Å². The van der Waals surface area contributed by atoms with Crippen molar-refractivity contribution in [1.29, 1.82) is 0 Å². The number of ether oxygens (including phenoxy) is 1. The number of hydrogen-bond acceptors (Lipinski definition) is 3. The van der Waals surface area contributed by atoms with Crippen molar-refractivity contribution in [3.63, 3.8) is 0 Å². The first kappa shape index (κ1) is 18.3. The lowest BCUT2D eigenvalue weighted by Crippen LogP contribution is -2.38. The van der Waals surface area contributed by atoms with Crippen LogP contribution < -0.4 is 5.32 Å². The Morgan fingerprint density at radius 2 is 1.88 bits per heavy atom. The number of halogens is 1. The molecule has 6 heteroatoms. The molecule has 2 aromatic rings. The SMILES string of the molecule is CN(C[C@H](O)COCc1ccccc1)C(=O)Nc1ccc(Cl)cc1. The zero-order valence-corrected chi connectivity index (χ0v) is 14.2. The summed E-state index contributed by atoms with van der Waals surface area (Å²) in [5, 5.41) is 13.3. The smallest absolute Gasteiger partial charge is 0.321 e. The molecular weight excluding hydrogens is 328 g/mol. The summed E-state index contributed by atoms with van der Waals surface area (Å²) in [5.41, 5.74) is 1.68. The molecule has 1 atom stereocenters. The second kappa shape index (κ2) is 9.27. The second-order valence-corrected chi connectivity index (χ2v) is 5.91. The van der Waals surface area contributed by atoms with Crippen molar-refractivity contribution in [2.24, 2.45) is 0 Å². The molecule has 2 aromatic carbocycles. The highest BCUT2D eigenvalue weighted by molar-refractivity contribution is 6.30. The molecule has 0 aromatic heterocycles. The summed E-state index contributed by atoms with van der Waals surface area (Å²) in [7, 11) is 1.62. The molecule has 0 saturated heterocycles.